The molecule has 0 aromatic heterocycles. The Bertz CT molecular complexity index is 1050. The number of nitrogens with zero attached hydrogens (tertiary/aromatic N) is 1. The van der Waals surface area contributed by atoms with Crippen LogP contribution in [0.5, 0.6) is 0 Å². The third-order valence-electron chi connectivity index (χ3n) is 5.97. The number of rotatable bonds is 7. The summed E-state index contributed by atoms with van der Waals surface area (Å²) in [5.41, 5.74) is 2.99. The molecule has 1 heterocycles. The Labute approximate surface area is 204 Å². The molecule has 1 aliphatic rings. The summed E-state index contributed by atoms with van der Waals surface area (Å²) in [6.07, 6.45) is 1.38. The first-order valence-electron chi connectivity index (χ1n) is 10.7. The summed E-state index contributed by atoms with van der Waals surface area (Å²) in [4.78, 5) is 12.4. The van der Waals surface area contributed by atoms with Gasteiger partial charge in [-0.25, -0.2) is 4.79 Å². The number of carbonyl (C=O) groups excluding carboxylic acids is 1. The monoisotopic (exact) mass is 510 g/mol. The zero-order valence-electron chi connectivity index (χ0n) is 19.4. The van der Waals surface area contributed by atoms with Gasteiger partial charge in [0.25, 0.3) is 0 Å². The highest BCUT2D eigenvalue weighted by atomic mass is 79.9. The average molecular weight is 511 g/mol. The minimum atomic E-state index is -0.654. The van der Waals surface area contributed by atoms with Gasteiger partial charge in [0.15, 0.2) is 0 Å². The minimum absolute atomic E-state index is 0.170. The van der Waals surface area contributed by atoms with Gasteiger partial charge in [-0.15, -0.1) is 0 Å². The van der Waals surface area contributed by atoms with E-state index < -0.39 is 24.4 Å². The second kappa shape index (κ2) is 10.6. The van der Waals surface area contributed by atoms with E-state index in [9.17, 15) is 10.1 Å². The molecule has 1 N–H and O–H groups in total. The average Bonchev–Trinajstić information content (AvgIpc) is 3.02. The number of hydrogen-bond donors (Lipinski definition) is 1. The van der Waals surface area contributed by atoms with Gasteiger partial charge >= 0.3 is 13.2 Å². The highest BCUT2D eigenvalue weighted by Crippen LogP contribution is 2.39. The van der Waals surface area contributed by atoms with E-state index in [1.807, 2.05) is 76.2 Å². The summed E-state index contributed by atoms with van der Waals surface area (Å²) in [6.45, 7) is 8.26. The van der Waals surface area contributed by atoms with E-state index in [0.717, 1.165) is 22.2 Å². The van der Waals surface area contributed by atoms with E-state index in [2.05, 4.69) is 27.3 Å². The van der Waals surface area contributed by atoms with Crippen LogP contribution in [0.15, 0.2) is 54.0 Å². The fourth-order valence-electron chi connectivity index (χ4n) is 3.27. The molecule has 6 nitrogen and oxygen atoms in total. The number of nitrogens with one attached hydrogen (secondary N) is 1. The van der Waals surface area contributed by atoms with Crippen LogP contribution in [-0.4, -0.2) is 31.0 Å². The second-order valence-electron chi connectivity index (χ2n) is 8.88. The first-order chi connectivity index (χ1) is 15.6. The van der Waals surface area contributed by atoms with Crippen molar-refractivity contribution in [3.05, 3.63) is 76.3 Å². The van der Waals surface area contributed by atoms with Gasteiger partial charge in [0, 0.05) is 11.9 Å². The fourth-order valence-corrected chi connectivity index (χ4v) is 3.78. The summed E-state index contributed by atoms with van der Waals surface area (Å²) in [6, 6.07) is 17.2. The van der Waals surface area contributed by atoms with Crippen molar-refractivity contribution in [2.24, 2.45) is 0 Å². The number of nitriles is 1. The Morgan fingerprint density at radius 3 is 2.42 bits per heavy atom. The largest absolute Gasteiger partial charge is 0.492 e. The van der Waals surface area contributed by atoms with Crippen LogP contribution in [-0.2, 0) is 26.0 Å². The molecule has 0 aliphatic carbocycles. The highest BCUT2D eigenvalue weighted by molar-refractivity contribution is 9.08. The van der Waals surface area contributed by atoms with E-state index in [0.29, 0.717) is 10.9 Å². The van der Waals surface area contributed by atoms with Crippen LogP contribution < -0.4 is 5.32 Å². The predicted octanol–water partition coefficient (Wildman–Crippen LogP) is 5.39. The maximum atomic E-state index is 12.4. The van der Waals surface area contributed by atoms with E-state index in [1.165, 1.54) is 0 Å². The molecule has 0 radical (unpaired) electrons. The topological polar surface area (TPSA) is 80.6 Å². The lowest BCUT2D eigenvalue weighted by molar-refractivity contribution is 0.00578. The lowest BCUT2D eigenvalue weighted by atomic mass is 9.76. The van der Waals surface area contributed by atoms with E-state index in [4.69, 9.17) is 14.0 Å². The molecule has 0 unspecified atom stereocenters. The molecule has 0 saturated carbocycles. The van der Waals surface area contributed by atoms with E-state index >= 15 is 0 Å². The van der Waals surface area contributed by atoms with Gasteiger partial charge in [-0.05, 0) is 62.0 Å². The number of benzene rings is 2. The summed E-state index contributed by atoms with van der Waals surface area (Å²) in [7, 11) is -0.654. The molecule has 3 rings (SSSR count). The number of hydrogen-bond acceptors (Lipinski definition) is 5. The molecule has 0 spiro atoms. The first kappa shape index (κ1) is 25.0. The van der Waals surface area contributed by atoms with E-state index in [1.54, 1.807) is 6.07 Å². The molecular formula is C25H28BBrN2O4. The quantitative estimate of drug-likeness (QED) is 0.398. The van der Waals surface area contributed by atoms with Gasteiger partial charge in [-0.3, -0.25) is 0 Å². The van der Waals surface area contributed by atoms with E-state index in [-0.39, 0.29) is 13.2 Å². The smallest absolute Gasteiger partial charge is 0.445 e. The maximum absolute atomic E-state index is 12.4. The first-order valence-corrected chi connectivity index (χ1v) is 11.9. The molecule has 0 bridgehead atoms. The fraction of sp³-hybridized carbons (Fsp3) is 0.360. The van der Waals surface area contributed by atoms with Crippen molar-refractivity contribution in [1.82, 2.24) is 5.32 Å². The van der Waals surface area contributed by atoms with Crippen molar-refractivity contribution in [3.8, 4) is 6.07 Å². The summed E-state index contributed by atoms with van der Waals surface area (Å²) >= 11 is 3.50. The molecule has 2 aromatic carbocycles. The SMILES string of the molecule is CC1(C)OB(C(=Cc2cc(C#N)ccc2CBr)CNC(=O)OCc2ccccc2)OC1(C)C. The minimum Gasteiger partial charge on any atom is -0.445 e. The van der Waals surface area contributed by atoms with Gasteiger partial charge < -0.3 is 19.4 Å². The van der Waals surface area contributed by atoms with Crippen LogP contribution in [0.4, 0.5) is 4.79 Å². The molecule has 8 heteroatoms. The van der Waals surface area contributed by atoms with Crippen LogP contribution in [0.25, 0.3) is 6.08 Å². The van der Waals surface area contributed by atoms with Gasteiger partial charge in [0.1, 0.15) is 6.61 Å². The molecule has 0 atom stereocenters. The Balaban J connectivity index is 1.82. The number of ether oxygens (including phenoxy) is 1. The lowest BCUT2D eigenvalue weighted by Gasteiger charge is -2.32. The van der Waals surface area contributed by atoms with Gasteiger partial charge in [0.2, 0.25) is 0 Å². The maximum Gasteiger partial charge on any atom is 0.492 e. The number of amides is 1. The molecule has 2 aromatic rings. The third-order valence-corrected chi connectivity index (χ3v) is 6.57. The normalized spacial score (nSPS) is 16.8. The van der Waals surface area contributed by atoms with Crippen LogP contribution >= 0.6 is 15.9 Å². The molecular weight excluding hydrogens is 483 g/mol. The number of carbonyl (C=O) groups is 1. The van der Waals surface area contributed by atoms with Crippen LogP contribution in [0.2, 0.25) is 0 Å². The van der Waals surface area contributed by atoms with Crippen molar-refractivity contribution in [2.75, 3.05) is 6.54 Å². The standard InChI is InChI=1S/C25H28BBrN2O4/c1-24(2)25(3,4)33-26(32-24)22(13-21-12-19(15-28)10-11-20(21)14-27)16-29-23(30)31-17-18-8-6-5-7-9-18/h5-13H,14,16-17H2,1-4H3,(H,29,30). The Hall–Kier alpha value is -2.60. The molecule has 1 amide bonds. The van der Waals surface area contributed by atoms with Gasteiger partial charge in [-0.2, -0.15) is 5.26 Å². The van der Waals surface area contributed by atoms with Crippen molar-refractivity contribution in [1.29, 1.82) is 5.26 Å². The number of alkyl halides is 1. The van der Waals surface area contributed by atoms with Crippen molar-refractivity contribution in [2.45, 2.75) is 50.8 Å². The molecule has 172 valence electrons. The molecule has 33 heavy (non-hydrogen) atoms. The highest BCUT2D eigenvalue weighted by Gasteiger charge is 2.52. The van der Waals surface area contributed by atoms with Crippen LogP contribution in [0.1, 0.15) is 49.9 Å². The molecule has 1 saturated heterocycles. The van der Waals surface area contributed by atoms with Crippen LogP contribution in [0, 0.1) is 11.3 Å². The van der Waals surface area contributed by atoms with Crippen LogP contribution in [0.3, 0.4) is 0 Å². The summed E-state index contributed by atoms with van der Waals surface area (Å²) in [5, 5.41) is 12.8. The van der Waals surface area contributed by atoms with Crippen molar-refractivity contribution in [3.63, 3.8) is 0 Å². The Morgan fingerprint density at radius 1 is 1.15 bits per heavy atom. The molecule has 1 aliphatic heterocycles. The zero-order chi connectivity index (χ0) is 24.1. The second-order valence-corrected chi connectivity index (χ2v) is 9.44. The van der Waals surface area contributed by atoms with Gasteiger partial charge in [0.05, 0.1) is 22.8 Å². The summed E-state index contributed by atoms with van der Waals surface area (Å²) in [5.74, 6) is 0. The predicted molar refractivity (Wildman–Crippen MR) is 132 cm³/mol. The molecule has 1 fully saturated rings. The van der Waals surface area contributed by atoms with Gasteiger partial charge in [-0.1, -0.05) is 58.4 Å². The lowest BCUT2D eigenvalue weighted by Crippen LogP contribution is -2.41. The number of alkyl carbamates (subject to hydrolysis) is 1. The Morgan fingerprint density at radius 2 is 1.82 bits per heavy atom. The van der Waals surface area contributed by atoms with Crippen molar-refractivity contribution >= 4 is 35.2 Å². The number of halogens is 1. The Kier molecular flexibility index (Phi) is 8.01. The summed E-state index contributed by atoms with van der Waals surface area (Å²) < 4.78 is 17.8. The van der Waals surface area contributed by atoms with Crippen molar-refractivity contribution < 1.29 is 18.8 Å². The zero-order valence-corrected chi connectivity index (χ0v) is 20.9. The third kappa shape index (κ3) is 6.26.